The zero-order valence-electron chi connectivity index (χ0n) is 5.55. The molecule has 12 heavy (non-hydrogen) atoms. The Labute approximate surface area is 94.8 Å². The van der Waals surface area contributed by atoms with E-state index < -0.39 is 10.7 Å². The number of halogens is 3. The number of hydrogen-bond donors (Lipinski definition) is 0. The van der Waals surface area contributed by atoms with Gasteiger partial charge in [0.15, 0.2) is 0 Å². The summed E-state index contributed by atoms with van der Waals surface area (Å²) in [5.74, 6) is -0.547. The lowest BCUT2D eigenvalue weighted by Gasteiger charge is -1.97. The van der Waals surface area contributed by atoms with Gasteiger partial charge in [0.1, 0.15) is 5.82 Å². The predicted octanol–water partition coefficient (Wildman–Crippen LogP) is 2.94. The first kappa shape index (κ1) is 10.1. The topological polar surface area (TPSA) is 43.1 Å². The van der Waals surface area contributed by atoms with Crippen LogP contribution in [0.5, 0.6) is 0 Å². The van der Waals surface area contributed by atoms with E-state index >= 15 is 0 Å². The molecule has 1 aromatic carbocycles. The van der Waals surface area contributed by atoms with E-state index in [2.05, 4.69) is 0 Å². The summed E-state index contributed by atoms with van der Waals surface area (Å²) in [6, 6.07) is 2.26. The van der Waals surface area contributed by atoms with Crippen molar-refractivity contribution in [3.8, 4) is 0 Å². The molecule has 3 nitrogen and oxygen atoms in total. The standard InChI is InChI=1S/C6H2FI2NO2/c7-4-1-3(10(11)12)2-5(8)6(4)9/h1-2H. The van der Waals surface area contributed by atoms with Gasteiger partial charge in [0, 0.05) is 9.64 Å². The smallest absolute Gasteiger partial charge is 0.258 e. The zero-order valence-corrected chi connectivity index (χ0v) is 9.87. The van der Waals surface area contributed by atoms with Gasteiger partial charge in [-0.15, -0.1) is 0 Å². The Bertz CT molecular complexity index is 319. The first-order valence-electron chi connectivity index (χ1n) is 2.81. The molecule has 0 aliphatic rings. The number of non-ortho nitro benzene ring substituents is 1. The highest BCUT2D eigenvalue weighted by Crippen LogP contribution is 2.24. The normalized spacial score (nSPS) is 9.92. The minimum absolute atomic E-state index is 0.211. The summed E-state index contributed by atoms with van der Waals surface area (Å²) in [7, 11) is 0. The Morgan fingerprint density at radius 2 is 2.00 bits per heavy atom. The predicted molar refractivity (Wildman–Crippen MR) is 58.5 cm³/mol. The van der Waals surface area contributed by atoms with Gasteiger partial charge in [-0.2, -0.15) is 0 Å². The molecular weight excluding hydrogens is 391 g/mol. The molecule has 0 fully saturated rings. The molecule has 0 unspecified atom stereocenters. The molecule has 0 radical (unpaired) electrons. The first-order valence-corrected chi connectivity index (χ1v) is 4.97. The van der Waals surface area contributed by atoms with Crippen LogP contribution in [-0.2, 0) is 0 Å². The van der Waals surface area contributed by atoms with Crippen molar-refractivity contribution in [2.24, 2.45) is 0 Å². The molecule has 0 N–H and O–H groups in total. The quantitative estimate of drug-likeness (QED) is 0.319. The van der Waals surface area contributed by atoms with Crippen molar-refractivity contribution >= 4 is 50.9 Å². The minimum atomic E-state index is -0.610. The van der Waals surface area contributed by atoms with Crippen molar-refractivity contribution in [1.82, 2.24) is 0 Å². The molecule has 6 heteroatoms. The van der Waals surface area contributed by atoms with Crippen LogP contribution in [0, 0.1) is 23.1 Å². The fraction of sp³-hybridized carbons (Fsp3) is 0. The third-order valence-corrected chi connectivity index (χ3v) is 4.16. The van der Waals surface area contributed by atoms with Gasteiger partial charge in [-0.25, -0.2) is 4.39 Å². The molecule has 0 spiro atoms. The molecule has 0 atom stereocenters. The third-order valence-electron chi connectivity index (χ3n) is 1.18. The van der Waals surface area contributed by atoms with Crippen LogP contribution in [0.4, 0.5) is 10.1 Å². The number of nitro benzene ring substituents is 1. The molecule has 1 rings (SSSR count). The summed E-state index contributed by atoms with van der Waals surface area (Å²) in [6.45, 7) is 0. The second-order valence-corrected chi connectivity index (χ2v) is 4.22. The number of nitro groups is 1. The van der Waals surface area contributed by atoms with Crippen molar-refractivity contribution in [2.75, 3.05) is 0 Å². The molecule has 0 bridgehead atoms. The Morgan fingerprint density at radius 3 is 2.42 bits per heavy atom. The monoisotopic (exact) mass is 393 g/mol. The average Bonchev–Trinajstić information content (AvgIpc) is 1.99. The Hall–Kier alpha value is 0.0100. The van der Waals surface area contributed by atoms with Crippen molar-refractivity contribution in [2.45, 2.75) is 0 Å². The van der Waals surface area contributed by atoms with Crippen molar-refractivity contribution in [3.05, 3.63) is 35.2 Å². The molecule has 0 saturated carbocycles. The van der Waals surface area contributed by atoms with Gasteiger partial charge in [0.2, 0.25) is 0 Å². The van der Waals surface area contributed by atoms with Gasteiger partial charge >= 0.3 is 0 Å². The van der Waals surface area contributed by atoms with Gasteiger partial charge in [-0.1, -0.05) is 0 Å². The molecule has 64 valence electrons. The van der Waals surface area contributed by atoms with Crippen LogP contribution in [0.1, 0.15) is 0 Å². The van der Waals surface area contributed by atoms with Crippen molar-refractivity contribution in [3.63, 3.8) is 0 Å². The maximum absolute atomic E-state index is 12.9. The van der Waals surface area contributed by atoms with Crippen LogP contribution in [0.3, 0.4) is 0 Å². The maximum atomic E-state index is 12.9. The van der Waals surface area contributed by atoms with Gasteiger partial charge < -0.3 is 0 Å². The first-order chi connectivity index (χ1) is 5.52. The SMILES string of the molecule is O=[N+]([O-])c1cc(F)c(I)c(I)c1. The van der Waals surface area contributed by atoms with Crippen LogP contribution in [0.15, 0.2) is 12.1 Å². The van der Waals surface area contributed by atoms with E-state index in [9.17, 15) is 14.5 Å². The van der Waals surface area contributed by atoms with Gasteiger partial charge in [0.25, 0.3) is 5.69 Å². The van der Waals surface area contributed by atoms with Gasteiger partial charge in [-0.3, -0.25) is 10.1 Å². The molecule has 0 amide bonds. The van der Waals surface area contributed by atoms with E-state index in [1.54, 1.807) is 22.6 Å². The fourth-order valence-electron chi connectivity index (χ4n) is 0.648. The van der Waals surface area contributed by atoms with E-state index in [0.717, 1.165) is 6.07 Å². The minimum Gasteiger partial charge on any atom is -0.258 e. The van der Waals surface area contributed by atoms with Crippen molar-refractivity contribution < 1.29 is 9.31 Å². The Balaban J connectivity index is 3.31. The third kappa shape index (κ3) is 2.03. The summed E-state index contributed by atoms with van der Waals surface area (Å²) < 4.78 is 13.9. The summed E-state index contributed by atoms with van der Waals surface area (Å²) in [4.78, 5) is 9.64. The number of hydrogen-bond acceptors (Lipinski definition) is 2. The largest absolute Gasteiger partial charge is 0.273 e. The van der Waals surface area contributed by atoms with Gasteiger partial charge in [0.05, 0.1) is 14.6 Å². The Kier molecular flexibility index (Phi) is 3.21. The van der Waals surface area contributed by atoms with Crippen LogP contribution in [0.25, 0.3) is 0 Å². The molecule has 0 aliphatic carbocycles. The molecule has 1 aromatic rings. The van der Waals surface area contributed by atoms with E-state index in [-0.39, 0.29) is 5.69 Å². The van der Waals surface area contributed by atoms with E-state index in [4.69, 9.17) is 0 Å². The van der Waals surface area contributed by atoms with Crippen LogP contribution in [0.2, 0.25) is 0 Å². The van der Waals surface area contributed by atoms with E-state index in [1.807, 2.05) is 22.6 Å². The highest BCUT2D eigenvalue weighted by molar-refractivity contribution is 14.1. The highest BCUT2D eigenvalue weighted by atomic mass is 127. The second-order valence-electron chi connectivity index (χ2n) is 1.98. The second kappa shape index (κ2) is 3.81. The molecule has 0 heterocycles. The molecular formula is C6H2FI2NO2. The van der Waals surface area contributed by atoms with Crippen LogP contribution >= 0.6 is 45.2 Å². The van der Waals surface area contributed by atoms with E-state index in [0.29, 0.717) is 7.14 Å². The summed E-state index contributed by atoms with van der Waals surface area (Å²) in [5.41, 5.74) is -0.211. The van der Waals surface area contributed by atoms with Crippen molar-refractivity contribution in [1.29, 1.82) is 0 Å². The van der Waals surface area contributed by atoms with Gasteiger partial charge in [-0.05, 0) is 45.2 Å². The number of rotatable bonds is 1. The Morgan fingerprint density at radius 1 is 1.42 bits per heavy atom. The summed E-state index contributed by atoms with van der Waals surface area (Å²) in [5, 5.41) is 10.2. The van der Waals surface area contributed by atoms with E-state index in [1.165, 1.54) is 6.07 Å². The fourth-order valence-corrected chi connectivity index (χ4v) is 1.54. The highest BCUT2D eigenvalue weighted by Gasteiger charge is 2.12. The summed E-state index contributed by atoms with van der Waals surface area (Å²) >= 11 is 3.66. The lowest BCUT2D eigenvalue weighted by Crippen LogP contribution is -1.93. The average molecular weight is 393 g/mol. The molecule has 0 saturated heterocycles. The lowest BCUT2D eigenvalue weighted by atomic mass is 10.3. The van der Waals surface area contributed by atoms with Crippen LogP contribution < -0.4 is 0 Å². The lowest BCUT2D eigenvalue weighted by molar-refractivity contribution is -0.385. The molecule has 0 aliphatic heterocycles. The molecule has 0 aromatic heterocycles. The van der Waals surface area contributed by atoms with Crippen LogP contribution in [-0.4, -0.2) is 4.92 Å². The number of nitrogens with zero attached hydrogens (tertiary/aromatic N) is 1. The summed E-state index contributed by atoms with van der Waals surface area (Å²) in [6.07, 6.45) is 0. The number of benzene rings is 1. The maximum Gasteiger partial charge on any atom is 0.273 e. The zero-order chi connectivity index (χ0) is 9.30.